The van der Waals surface area contributed by atoms with Gasteiger partial charge in [0.25, 0.3) is 0 Å². The molecule has 1 aromatic carbocycles. The molecule has 0 atom stereocenters. The number of carbonyl (C=O) groups excluding carboxylic acids is 1. The molecule has 0 aliphatic heterocycles. The molecule has 0 saturated heterocycles. The molecule has 6 heteroatoms. The average Bonchev–Trinajstić information content (AvgIpc) is 2.42. The zero-order chi connectivity index (χ0) is 14.8. The molecule has 0 spiro atoms. The van der Waals surface area contributed by atoms with Crippen molar-refractivity contribution >= 4 is 43.6 Å². The second-order valence-electron chi connectivity index (χ2n) is 4.78. The van der Waals surface area contributed by atoms with Crippen LogP contribution in [0.3, 0.4) is 0 Å². The van der Waals surface area contributed by atoms with Crippen molar-refractivity contribution in [1.29, 1.82) is 0 Å². The molecular weight excluding hydrogens is 386 g/mol. The van der Waals surface area contributed by atoms with E-state index in [1.165, 1.54) is 6.20 Å². The molecule has 20 heavy (non-hydrogen) atoms. The van der Waals surface area contributed by atoms with Gasteiger partial charge in [-0.05, 0) is 51.3 Å². The first-order chi connectivity index (χ1) is 9.41. The third-order valence-corrected chi connectivity index (χ3v) is 3.93. The zero-order valence-electron chi connectivity index (χ0n) is 11.0. The van der Waals surface area contributed by atoms with Gasteiger partial charge in [0.15, 0.2) is 5.82 Å². The highest BCUT2D eigenvalue weighted by molar-refractivity contribution is 9.11. The Hall–Kier alpha value is -1.27. The fourth-order valence-corrected chi connectivity index (χ4v) is 2.59. The van der Waals surface area contributed by atoms with Crippen LogP contribution in [0.2, 0.25) is 0 Å². The van der Waals surface area contributed by atoms with E-state index in [0.717, 1.165) is 5.56 Å². The van der Waals surface area contributed by atoms with E-state index in [9.17, 15) is 4.79 Å². The van der Waals surface area contributed by atoms with Crippen molar-refractivity contribution in [2.75, 3.05) is 5.32 Å². The SMILES string of the molecule is CC(C)(C(=O)Nc1ncc(Br)nc1Br)c1ccccc1. The number of amides is 1. The first-order valence-corrected chi connectivity index (χ1v) is 7.55. The smallest absolute Gasteiger partial charge is 0.235 e. The fourth-order valence-electron chi connectivity index (χ4n) is 1.68. The number of hydrogen-bond acceptors (Lipinski definition) is 3. The monoisotopic (exact) mass is 397 g/mol. The molecule has 104 valence electrons. The highest BCUT2D eigenvalue weighted by Gasteiger charge is 2.30. The average molecular weight is 399 g/mol. The summed E-state index contributed by atoms with van der Waals surface area (Å²) in [5, 5.41) is 2.80. The molecule has 0 aliphatic carbocycles. The number of rotatable bonds is 3. The van der Waals surface area contributed by atoms with Gasteiger partial charge in [-0.15, -0.1) is 0 Å². The Kier molecular flexibility index (Phi) is 4.55. The van der Waals surface area contributed by atoms with Gasteiger partial charge in [-0.3, -0.25) is 4.79 Å². The lowest BCUT2D eigenvalue weighted by Crippen LogP contribution is -2.35. The van der Waals surface area contributed by atoms with Crippen molar-refractivity contribution in [1.82, 2.24) is 9.97 Å². The molecule has 2 rings (SSSR count). The van der Waals surface area contributed by atoms with E-state index in [1.54, 1.807) is 0 Å². The van der Waals surface area contributed by atoms with E-state index in [2.05, 4.69) is 47.1 Å². The first kappa shape index (κ1) is 15.1. The van der Waals surface area contributed by atoms with Gasteiger partial charge in [-0.25, -0.2) is 9.97 Å². The predicted molar refractivity (Wildman–Crippen MR) is 85.5 cm³/mol. The van der Waals surface area contributed by atoms with Crippen LogP contribution < -0.4 is 5.32 Å². The third-order valence-electron chi connectivity index (χ3n) is 3.00. The number of nitrogens with one attached hydrogen (secondary N) is 1. The second-order valence-corrected chi connectivity index (χ2v) is 6.34. The number of halogens is 2. The number of aromatic nitrogens is 2. The Morgan fingerprint density at radius 1 is 1.20 bits per heavy atom. The van der Waals surface area contributed by atoms with Gasteiger partial charge in [-0.2, -0.15) is 0 Å². The van der Waals surface area contributed by atoms with Crippen molar-refractivity contribution in [2.24, 2.45) is 0 Å². The van der Waals surface area contributed by atoms with Crippen LogP contribution in [0.5, 0.6) is 0 Å². The van der Waals surface area contributed by atoms with Crippen LogP contribution in [-0.4, -0.2) is 15.9 Å². The Morgan fingerprint density at radius 3 is 2.45 bits per heavy atom. The minimum Gasteiger partial charge on any atom is -0.308 e. The van der Waals surface area contributed by atoms with Crippen LogP contribution >= 0.6 is 31.9 Å². The van der Waals surface area contributed by atoms with Crippen molar-refractivity contribution in [3.05, 3.63) is 51.3 Å². The van der Waals surface area contributed by atoms with Gasteiger partial charge in [-0.1, -0.05) is 30.3 Å². The maximum absolute atomic E-state index is 12.5. The summed E-state index contributed by atoms with van der Waals surface area (Å²) in [7, 11) is 0. The molecule has 0 aliphatic rings. The molecule has 1 N–H and O–H groups in total. The molecule has 1 amide bonds. The van der Waals surface area contributed by atoms with Gasteiger partial charge in [0.2, 0.25) is 5.91 Å². The second kappa shape index (κ2) is 6.01. The van der Waals surface area contributed by atoms with Gasteiger partial charge < -0.3 is 5.32 Å². The van der Waals surface area contributed by atoms with E-state index in [4.69, 9.17) is 0 Å². The van der Waals surface area contributed by atoms with E-state index < -0.39 is 5.41 Å². The Labute approximate surface area is 134 Å². The molecule has 0 saturated carbocycles. The van der Waals surface area contributed by atoms with Gasteiger partial charge in [0, 0.05) is 0 Å². The van der Waals surface area contributed by atoms with Gasteiger partial charge in [0.1, 0.15) is 9.21 Å². The highest BCUT2D eigenvalue weighted by atomic mass is 79.9. The topological polar surface area (TPSA) is 54.9 Å². The number of benzene rings is 1. The lowest BCUT2D eigenvalue weighted by atomic mass is 9.84. The summed E-state index contributed by atoms with van der Waals surface area (Å²) < 4.78 is 1.09. The summed E-state index contributed by atoms with van der Waals surface area (Å²) >= 11 is 6.50. The molecule has 4 nitrogen and oxygen atoms in total. The summed E-state index contributed by atoms with van der Waals surface area (Å²) in [6.07, 6.45) is 1.54. The van der Waals surface area contributed by atoms with E-state index in [1.807, 2.05) is 44.2 Å². The molecule has 1 heterocycles. The normalized spacial score (nSPS) is 11.2. The van der Waals surface area contributed by atoms with Gasteiger partial charge >= 0.3 is 0 Å². The summed E-state index contributed by atoms with van der Waals surface area (Å²) in [6.45, 7) is 3.75. The lowest BCUT2D eigenvalue weighted by molar-refractivity contribution is -0.120. The highest BCUT2D eigenvalue weighted by Crippen LogP contribution is 2.26. The molecular formula is C14H13Br2N3O. The summed E-state index contributed by atoms with van der Waals surface area (Å²) in [4.78, 5) is 20.7. The van der Waals surface area contributed by atoms with Crippen molar-refractivity contribution < 1.29 is 4.79 Å². The molecule has 0 fully saturated rings. The van der Waals surface area contributed by atoms with Crippen LogP contribution in [0.15, 0.2) is 45.7 Å². The summed E-state index contributed by atoms with van der Waals surface area (Å²) in [6, 6.07) is 9.62. The summed E-state index contributed by atoms with van der Waals surface area (Å²) in [5.41, 5.74) is 0.286. The number of hydrogen-bond donors (Lipinski definition) is 1. The first-order valence-electron chi connectivity index (χ1n) is 5.96. The number of anilines is 1. The zero-order valence-corrected chi connectivity index (χ0v) is 14.2. The van der Waals surface area contributed by atoms with Crippen LogP contribution in [0.25, 0.3) is 0 Å². The van der Waals surface area contributed by atoms with Crippen LogP contribution in [0, 0.1) is 0 Å². The fraction of sp³-hybridized carbons (Fsp3) is 0.214. The molecule has 0 radical (unpaired) electrons. The van der Waals surface area contributed by atoms with Crippen LogP contribution in [-0.2, 0) is 10.2 Å². The minimum absolute atomic E-state index is 0.138. The molecule has 0 unspecified atom stereocenters. The maximum Gasteiger partial charge on any atom is 0.235 e. The van der Waals surface area contributed by atoms with Crippen molar-refractivity contribution in [3.8, 4) is 0 Å². The predicted octanol–water partition coefficient (Wildman–Crippen LogP) is 3.92. The third kappa shape index (κ3) is 3.24. The molecule has 1 aromatic heterocycles. The van der Waals surface area contributed by atoms with Gasteiger partial charge in [0.05, 0.1) is 11.6 Å². The Balaban J connectivity index is 2.23. The van der Waals surface area contributed by atoms with E-state index >= 15 is 0 Å². The number of nitrogens with zero attached hydrogens (tertiary/aromatic N) is 2. The molecule has 0 bridgehead atoms. The Morgan fingerprint density at radius 2 is 1.85 bits per heavy atom. The quantitative estimate of drug-likeness (QED) is 0.852. The van der Waals surface area contributed by atoms with Crippen LogP contribution in [0.1, 0.15) is 19.4 Å². The standard InChI is InChI=1S/C14H13Br2N3O/c1-14(2,9-6-4-3-5-7-9)13(20)19-12-11(16)18-10(15)8-17-12/h3-8H,1-2H3,(H,17,19,20). The number of carbonyl (C=O) groups is 1. The van der Waals surface area contributed by atoms with E-state index in [-0.39, 0.29) is 5.91 Å². The van der Waals surface area contributed by atoms with E-state index in [0.29, 0.717) is 15.0 Å². The maximum atomic E-state index is 12.5. The summed E-state index contributed by atoms with van der Waals surface area (Å²) in [5.74, 6) is 0.267. The lowest BCUT2D eigenvalue weighted by Gasteiger charge is -2.24. The minimum atomic E-state index is -0.657. The largest absolute Gasteiger partial charge is 0.308 e. The van der Waals surface area contributed by atoms with Crippen molar-refractivity contribution in [2.45, 2.75) is 19.3 Å². The van der Waals surface area contributed by atoms with Crippen LogP contribution in [0.4, 0.5) is 5.82 Å². The molecule has 2 aromatic rings. The van der Waals surface area contributed by atoms with Crippen molar-refractivity contribution in [3.63, 3.8) is 0 Å². The Bertz CT molecular complexity index is 630.